The molecule has 2 heterocycles. The molecule has 0 unspecified atom stereocenters. The molecule has 0 radical (unpaired) electrons. The summed E-state index contributed by atoms with van der Waals surface area (Å²) in [6.07, 6.45) is 4.49. The molecule has 2 aromatic carbocycles. The predicted octanol–water partition coefficient (Wildman–Crippen LogP) is 3.09. The maximum Gasteiger partial charge on any atom is 0.317 e. The van der Waals surface area contributed by atoms with Crippen molar-refractivity contribution in [2.24, 2.45) is 5.73 Å². The molecule has 7 nitrogen and oxygen atoms in total. The van der Waals surface area contributed by atoms with Gasteiger partial charge in [0.05, 0.1) is 0 Å². The zero-order chi connectivity index (χ0) is 21.4. The number of primary amides is 1. The largest absolute Gasteiger partial charge is 0.486 e. The van der Waals surface area contributed by atoms with Crippen LogP contribution in [0.5, 0.6) is 11.5 Å². The standard InChI is InChI=1S/C24H27N3O4/c25-22(28)17-5-3-4-16(10-17)13-26-23(29)27-14-18-11-20-21(31-9-8-30-20)12-19(18)24(15-27)6-1-2-7-24/h3-5,10-12H,1-2,6-9,13-15H2,(H2,25,28)(H,26,29). The summed E-state index contributed by atoms with van der Waals surface area (Å²) in [5.74, 6) is 1.12. The zero-order valence-electron chi connectivity index (χ0n) is 17.5. The Balaban J connectivity index is 1.36. The topological polar surface area (TPSA) is 93.9 Å². The van der Waals surface area contributed by atoms with Gasteiger partial charge in [-0.3, -0.25) is 4.79 Å². The maximum atomic E-state index is 13.1. The summed E-state index contributed by atoms with van der Waals surface area (Å²) >= 11 is 0. The molecule has 7 heteroatoms. The first-order valence-electron chi connectivity index (χ1n) is 10.9. The van der Waals surface area contributed by atoms with Gasteiger partial charge < -0.3 is 25.4 Å². The molecule has 3 amide bonds. The lowest BCUT2D eigenvalue weighted by atomic mass is 9.73. The maximum absolute atomic E-state index is 13.1. The Morgan fingerprint density at radius 3 is 2.55 bits per heavy atom. The van der Waals surface area contributed by atoms with E-state index in [0.29, 0.717) is 38.4 Å². The van der Waals surface area contributed by atoms with Crippen LogP contribution in [0, 0.1) is 0 Å². The highest BCUT2D eigenvalue weighted by Crippen LogP contribution is 2.49. The molecule has 1 saturated carbocycles. The lowest BCUT2D eigenvalue weighted by Crippen LogP contribution is -2.50. The van der Waals surface area contributed by atoms with Crippen LogP contribution in [0.3, 0.4) is 0 Å². The molecule has 31 heavy (non-hydrogen) atoms. The van der Waals surface area contributed by atoms with Crippen molar-refractivity contribution in [3.8, 4) is 11.5 Å². The number of hydrogen-bond acceptors (Lipinski definition) is 4. The van der Waals surface area contributed by atoms with Gasteiger partial charge in [-0.05, 0) is 53.8 Å². The number of benzene rings is 2. The molecule has 1 fully saturated rings. The van der Waals surface area contributed by atoms with Crippen LogP contribution in [-0.4, -0.2) is 36.6 Å². The van der Waals surface area contributed by atoms with Gasteiger partial charge in [0.2, 0.25) is 5.91 Å². The highest BCUT2D eigenvalue weighted by molar-refractivity contribution is 5.92. The number of hydrogen-bond donors (Lipinski definition) is 2. The van der Waals surface area contributed by atoms with E-state index in [1.165, 1.54) is 18.4 Å². The fourth-order valence-corrected chi connectivity index (χ4v) is 5.21. The van der Waals surface area contributed by atoms with E-state index in [1.54, 1.807) is 18.2 Å². The van der Waals surface area contributed by atoms with E-state index in [1.807, 2.05) is 11.0 Å². The molecule has 0 saturated heterocycles. The molecule has 0 aromatic heterocycles. The first-order chi connectivity index (χ1) is 15.0. The third-order valence-corrected chi connectivity index (χ3v) is 6.70. The van der Waals surface area contributed by atoms with Gasteiger partial charge in [0.15, 0.2) is 11.5 Å². The van der Waals surface area contributed by atoms with Crippen LogP contribution in [-0.2, 0) is 18.5 Å². The highest BCUT2D eigenvalue weighted by atomic mass is 16.6. The number of amides is 3. The van der Waals surface area contributed by atoms with Crippen LogP contribution in [0.2, 0.25) is 0 Å². The number of urea groups is 1. The van der Waals surface area contributed by atoms with Crippen LogP contribution in [0.15, 0.2) is 36.4 Å². The van der Waals surface area contributed by atoms with Gasteiger partial charge in [0.1, 0.15) is 13.2 Å². The molecule has 5 rings (SSSR count). The quantitative estimate of drug-likeness (QED) is 0.796. The lowest BCUT2D eigenvalue weighted by molar-refractivity contribution is 0.1000. The second-order valence-corrected chi connectivity index (χ2v) is 8.72. The van der Waals surface area contributed by atoms with E-state index in [4.69, 9.17) is 15.2 Å². The second-order valence-electron chi connectivity index (χ2n) is 8.72. The van der Waals surface area contributed by atoms with E-state index in [0.717, 1.165) is 35.5 Å². The molecule has 162 valence electrons. The Morgan fingerprint density at radius 2 is 1.81 bits per heavy atom. The molecule has 0 bridgehead atoms. The van der Waals surface area contributed by atoms with Gasteiger partial charge in [0.25, 0.3) is 0 Å². The number of rotatable bonds is 3. The van der Waals surface area contributed by atoms with Gasteiger partial charge in [-0.25, -0.2) is 4.79 Å². The van der Waals surface area contributed by atoms with Crippen LogP contribution in [0.25, 0.3) is 0 Å². The summed E-state index contributed by atoms with van der Waals surface area (Å²) in [5, 5.41) is 3.01. The number of fused-ring (bicyclic) bond motifs is 3. The summed E-state index contributed by atoms with van der Waals surface area (Å²) in [5.41, 5.74) is 9.08. The van der Waals surface area contributed by atoms with E-state index in [9.17, 15) is 9.59 Å². The Labute approximate surface area is 181 Å². The summed E-state index contributed by atoms with van der Waals surface area (Å²) in [6, 6.07) is 11.1. The van der Waals surface area contributed by atoms with E-state index in [-0.39, 0.29) is 11.4 Å². The number of nitrogens with one attached hydrogen (secondary N) is 1. The van der Waals surface area contributed by atoms with Crippen LogP contribution >= 0.6 is 0 Å². The van der Waals surface area contributed by atoms with Crippen molar-refractivity contribution in [1.82, 2.24) is 10.2 Å². The smallest absolute Gasteiger partial charge is 0.317 e. The summed E-state index contributed by atoms with van der Waals surface area (Å²) in [7, 11) is 0. The van der Waals surface area contributed by atoms with Crippen molar-refractivity contribution < 1.29 is 19.1 Å². The molecule has 3 N–H and O–H groups in total. The fraction of sp³-hybridized carbons (Fsp3) is 0.417. The molecular weight excluding hydrogens is 394 g/mol. The average Bonchev–Trinajstić information content (AvgIpc) is 3.25. The second kappa shape index (κ2) is 7.80. The van der Waals surface area contributed by atoms with Crippen molar-refractivity contribution in [2.45, 2.75) is 44.2 Å². The third kappa shape index (κ3) is 3.69. The molecule has 3 aliphatic rings. The summed E-state index contributed by atoms with van der Waals surface area (Å²) in [6.45, 7) is 2.71. The lowest BCUT2D eigenvalue weighted by Gasteiger charge is -2.42. The Bertz CT molecular complexity index is 1030. The van der Waals surface area contributed by atoms with Crippen molar-refractivity contribution in [1.29, 1.82) is 0 Å². The van der Waals surface area contributed by atoms with Gasteiger partial charge in [0, 0.05) is 30.6 Å². The first-order valence-corrected chi connectivity index (χ1v) is 10.9. The van der Waals surface area contributed by atoms with E-state index in [2.05, 4.69) is 17.4 Å². The first kappa shape index (κ1) is 19.7. The van der Waals surface area contributed by atoms with Crippen molar-refractivity contribution in [3.63, 3.8) is 0 Å². The molecule has 1 spiro atoms. The third-order valence-electron chi connectivity index (χ3n) is 6.70. The number of nitrogens with zero attached hydrogens (tertiary/aromatic N) is 1. The van der Waals surface area contributed by atoms with Gasteiger partial charge in [-0.15, -0.1) is 0 Å². The zero-order valence-corrected chi connectivity index (χ0v) is 17.5. The Hall–Kier alpha value is -3.22. The predicted molar refractivity (Wildman–Crippen MR) is 115 cm³/mol. The molecule has 2 aliphatic heterocycles. The monoisotopic (exact) mass is 421 g/mol. The highest BCUT2D eigenvalue weighted by Gasteiger charge is 2.43. The minimum absolute atomic E-state index is 0.0212. The van der Waals surface area contributed by atoms with E-state index < -0.39 is 5.91 Å². The number of ether oxygens (including phenoxy) is 2. The Kier molecular flexibility index (Phi) is 4.96. The van der Waals surface area contributed by atoms with Crippen molar-refractivity contribution >= 4 is 11.9 Å². The SMILES string of the molecule is NC(=O)c1cccc(CNC(=O)N2Cc3cc4c(cc3C3(CCCC3)C2)OCCO4)c1. The van der Waals surface area contributed by atoms with Crippen LogP contribution in [0.4, 0.5) is 4.79 Å². The average molecular weight is 421 g/mol. The molecule has 0 atom stereocenters. The van der Waals surface area contributed by atoms with E-state index >= 15 is 0 Å². The number of nitrogens with two attached hydrogens (primary N) is 1. The molecule has 1 aliphatic carbocycles. The normalized spacial score (nSPS) is 18.5. The van der Waals surface area contributed by atoms with Crippen LogP contribution < -0.4 is 20.5 Å². The number of carbonyl (C=O) groups is 2. The molecule has 2 aromatic rings. The Morgan fingerprint density at radius 1 is 1.06 bits per heavy atom. The van der Waals surface area contributed by atoms with Gasteiger partial charge in [-0.1, -0.05) is 25.0 Å². The van der Waals surface area contributed by atoms with Crippen molar-refractivity contribution in [3.05, 3.63) is 58.7 Å². The fourth-order valence-electron chi connectivity index (χ4n) is 5.21. The minimum Gasteiger partial charge on any atom is -0.486 e. The van der Waals surface area contributed by atoms with Crippen molar-refractivity contribution in [2.75, 3.05) is 19.8 Å². The molecular formula is C24H27N3O4. The van der Waals surface area contributed by atoms with Gasteiger partial charge in [-0.2, -0.15) is 0 Å². The van der Waals surface area contributed by atoms with Crippen LogP contribution in [0.1, 0.15) is 52.7 Å². The number of carbonyl (C=O) groups excluding carboxylic acids is 2. The summed E-state index contributed by atoms with van der Waals surface area (Å²) < 4.78 is 11.6. The van der Waals surface area contributed by atoms with Gasteiger partial charge >= 0.3 is 6.03 Å². The summed E-state index contributed by atoms with van der Waals surface area (Å²) in [4.78, 5) is 26.4. The minimum atomic E-state index is -0.474.